The summed E-state index contributed by atoms with van der Waals surface area (Å²) >= 11 is 1.64. The van der Waals surface area contributed by atoms with Crippen LogP contribution in [0.1, 0.15) is 35.8 Å². The molecule has 0 saturated heterocycles. The molecule has 0 unspecified atom stereocenters. The number of rotatable bonds is 3. The molecule has 2 aromatic rings. The second kappa shape index (κ2) is 4.94. The van der Waals surface area contributed by atoms with E-state index < -0.39 is 5.97 Å². The molecular weight excluding hydrogens is 244 g/mol. The molecule has 1 aromatic heterocycles. The molecule has 0 atom stereocenters. The highest BCUT2D eigenvalue weighted by atomic mass is 32.1. The van der Waals surface area contributed by atoms with Crippen LogP contribution >= 0.6 is 11.3 Å². The standard InChI is InChI=1S/C15H16O2S/c1-9(2)11-4-5-14-12(8-11)10(3)13(18-14)6-7-15(16)17/h4-9H,1-3H3,(H,16,17)/b7-6+. The van der Waals surface area contributed by atoms with Gasteiger partial charge in [-0.05, 0) is 47.6 Å². The molecular formula is C15H16O2S. The third-order valence-corrected chi connectivity index (χ3v) is 4.28. The smallest absolute Gasteiger partial charge is 0.328 e. The van der Waals surface area contributed by atoms with Gasteiger partial charge >= 0.3 is 5.97 Å². The second-order valence-corrected chi connectivity index (χ2v) is 5.76. The van der Waals surface area contributed by atoms with E-state index in [1.807, 2.05) is 6.92 Å². The fourth-order valence-electron chi connectivity index (χ4n) is 1.92. The number of aliphatic carboxylic acids is 1. The number of carboxylic acid groups (broad SMARTS) is 1. The van der Waals surface area contributed by atoms with Crippen molar-refractivity contribution in [2.75, 3.05) is 0 Å². The van der Waals surface area contributed by atoms with Gasteiger partial charge in [0, 0.05) is 15.7 Å². The predicted octanol–water partition coefficient (Wildman–Crippen LogP) is 4.43. The molecule has 0 aliphatic heterocycles. The summed E-state index contributed by atoms with van der Waals surface area (Å²) in [6, 6.07) is 6.48. The largest absolute Gasteiger partial charge is 0.478 e. The van der Waals surface area contributed by atoms with E-state index in [-0.39, 0.29) is 0 Å². The first kappa shape index (κ1) is 12.8. The van der Waals surface area contributed by atoms with Crippen LogP contribution in [0.15, 0.2) is 24.3 Å². The van der Waals surface area contributed by atoms with E-state index in [2.05, 4.69) is 32.0 Å². The lowest BCUT2D eigenvalue weighted by molar-refractivity contribution is -0.131. The van der Waals surface area contributed by atoms with Crippen molar-refractivity contribution in [1.82, 2.24) is 0 Å². The Kier molecular flexibility index (Phi) is 3.53. The normalized spacial score (nSPS) is 11.8. The van der Waals surface area contributed by atoms with Crippen molar-refractivity contribution >= 4 is 33.5 Å². The maximum absolute atomic E-state index is 10.6. The zero-order valence-corrected chi connectivity index (χ0v) is 11.5. The number of fused-ring (bicyclic) bond motifs is 1. The van der Waals surface area contributed by atoms with Crippen LogP contribution < -0.4 is 0 Å². The number of hydrogen-bond acceptors (Lipinski definition) is 2. The lowest BCUT2D eigenvalue weighted by Crippen LogP contribution is -1.86. The van der Waals surface area contributed by atoms with Crippen LogP contribution in [-0.4, -0.2) is 11.1 Å². The molecule has 0 aliphatic rings. The van der Waals surface area contributed by atoms with Crippen LogP contribution in [0.3, 0.4) is 0 Å². The summed E-state index contributed by atoms with van der Waals surface area (Å²) in [7, 11) is 0. The molecule has 2 nitrogen and oxygen atoms in total. The molecule has 0 radical (unpaired) electrons. The third-order valence-electron chi connectivity index (χ3n) is 3.04. The number of carbonyl (C=O) groups is 1. The van der Waals surface area contributed by atoms with E-state index >= 15 is 0 Å². The van der Waals surface area contributed by atoms with E-state index in [4.69, 9.17) is 5.11 Å². The van der Waals surface area contributed by atoms with Crippen LogP contribution in [0.25, 0.3) is 16.2 Å². The van der Waals surface area contributed by atoms with Gasteiger partial charge in [-0.15, -0.1) is 11.3 Å². The highest BCUT2D eigenvalue weighted by Crippen LogP contribution is 2.33. The van der Waals surface area contributed by atoms with E-state index in [0.717, 1.165) is 10.4 Å². The molecule has 3 heteroatoms. The Morgan fingerprint density at radius 1 is 1.39 bits per heavy atom. The average molecular weight is 260 g/mol. The van der Waals surface area contributed by atoms with Gasteiger partial charge in [-0.2, -0.15) is 0 Å². The van der Waals surface area contributed by atoms with Crippen LogP contribution in [0.2, 0.25) is 0 Å². The quantitative estimate of drug-likeness (QED) is 0.829. The molecule has 1 heterocycles. The molecule has 0 spiro atoms. The fraction of sp³-hybridized carbons (Fsp3) is 0.267. The lowest BCUT2D eigenvalue weighted by atomic mass is 10.0. The van der Waals surface area contributed by atoms with Crippen LogP contribution in [0.4, 0.5) is 0 Å². The zero-order chi connectivity index (χ0) is 13.3. The molecule has 18 heavy (non-hydrogen) atoms. The van der Waals surface area contributed by atoms with Crippen molar-refractivity contribution in [1.29, 1.82) is 0 Å². The maximum Gasteiger partial charge on any atom is 0.328 e. The maximum atomic E-state index is 10.6. The molecule has 1 aromatic carbocycles. The van der Waals surface area contributed by atoms with E-state index in [0.29, 0.717) is 5.92 Å². The first-order valence-corrected chi connectivity index (χ1v) is 6.74. The van der Waals surface area contributed by atoms with Crippen molar-refractivity contribution in [2.24, 2.45) is 0 Å². The van der Waals surface area contributed by atoms with Crippen molar-refractivity contribution in [3.8, 4) is 0 Å². The van der Waals surface area contributed by atoms with Gasteiger partial charge < -0.3 is 5.11 Å². The first-order chi connectivity index (χ1) is 8.49. The molecule has 0 amide bonds. The van der Waals surface area contributed by atoms with Gasteiger partial charge in [0.05, 0.1) is 0 Å². The van der Waals surface area contributed by atoms with Gasteiger partial charge in [0.25, 0.3) is 0 Å². The fourth-order valence-corrected chi connectivity index (χ4v) is 3.02. The summed E-state index contributed by atoms with van der Waals surface area (Å²) in [6.07, 6.45) is 2.87. The number of aryl methyl sites for hydroxylation is 1. The predicted molar refractivity (Wildman–Crippen MR) is 77.3 cm³/mol. The Morgan fingerprint density at radius 2 is 2.11 bits per heavy atom. The highest BCUT2D eigenvalue weighted by molar-refractivity contribution is 7.20. The Morgan fingerprint density at radius 3 is 2.72 bits per heavy atom. The molecule has 0 aliphatic carbocycles. The topological polar surface area (TPSA) is 37.3 Å². The number of carboxylic acids is 1. The third kappa shape index (κ3) is 2.46. The van der Waals surface area contributed by atoms with Crippen LogP contribution in [0, 0.1) is 6.92 Å². The van der Waals surface area contributed by atoms with Gasteiger partial charge in [-0.1, -0.05) is 19.9 Å². The Bertz CT molecular complexity index is 621. The minimum Gasteiger partial charge on any atom is -0.478 e. The molecule has 2 rings (SSSR count). The van der Waals surface area contributed by atoms with Crippen LogP contribution in [-0.2, 0) is 4.79 Å². The Hall–Kier alpha value is -1.61. The summed E-state index contributed by atoms with van der Waals surface area (Å²) in [5.74, 6) is -0.401. The summed E-state index contributed by atoms with van der Waals surface area (Å²) in [5, 5.41) is 9.91. The second-order valence-electron chi connectivity index (χ2n) is 4.67. The molecule has 0 bridgehead atoms. The number of hydrogen-bond donors (Lipinski definition) is 1. The minimum atomic E-state index is -0.908. The van der Waals surface area contributed by atoms with Gasteiger partial charge in [0.1, 0.15) is 0 Å². The van der Waals surface area contributed by atoms with E-state index in [1.54, 1.807) is 17.4 Å². The van der Waals surface area contributed by atoms with Crippen LogP contribution in [0.5, 0.6) is 0 Å². The van der Waals surface area contributed by atoms with Crippen molar-refractivity contribution in [3.63, 3.8) is 0 Å². The number of benzene rings is 1. The average Bonchev–Trinajstić information content (AvgIpc) is 2.63. The minimum absolute atomic E-state index is 0.506. The van der Waals surface area contributed by atoms with Gasteiger partial charge in [-0.3, -0.25) is 0 Å². The molecule has 94 valence electrons. The summed E-state index contributed by atoms with van der Waals surface area (Å²) in [4.78, 5) is 11.6. The van der Waals surface area contributed by atoms with Crippen molar-refractivity contribution in [3.05, 3.63) is 40.3 Å². The summed E-state index contributed by atoms with van der Waals surface area (Å²) < 4.78 is 1.21. The zero-order valence-electron chi connectivity index (χ0n) is 10.7. The molecule has 1 N–H and O–H groups in total. The SMILES string of the molecule is Cc1c(/C=C/C(=O)O)sc2ccc(C(C)C)cc12. The van der Waals surface area contributed by atoms with Gasteiger partial charge in [-0.25, -0.2) is 4.79 Å². The van der Waals surface area contributed by atoms with Crippen molar-refractivity contribution < 1.29 is 9.90 Å². The summed E-state index contributed by atoms with van der Waals surface area (Å²) in [6.45, 7) is 6.40. The first-order valence-electron chi connectivity index (χ1n) is 5.93. The Labute approximate surface area is 111 Å². The lowest BCUT2D eigenvalue weighted by Gasteiger charge is -2.04. The summed E-state index contributed by atoms with van der Waals surface area (Å²) in [5.41, 5.74) is 2.48. The Balaban J connectivity index is 2.53. The van der Waals surface area contributed by atoms with Gasteiger partial charge in [0.15, 0.2) is 0 Å². The van der Waals surface area contributed by atoms with E-state index in [9.17, 15) is 4.79 Å². The molecule has 0 saturated carbocycles. The highest BCUT2D eigenvalue weighted by Gasteiger charge is 2.08. The van der Waals surface area contributed by atoms with E-state index in [1.165, 1.54) is 21.7 Å². The molecule has 0 fully saturated rings. The van der Waals surface area contributed by atoms with Gasteiger partial charge in [0.2, 0.25) is 0 Å². The van der Waals surface area contributed by atoms with Crippen molar-refractivity contribution in [2.45, 2.75) is 26.7 Å². The monoisotopic (exact) mass is 260 g/mol. The number of thiophene rings is 1.